The SMILES string of the molecule is CC/C=C\C/C=C\C/C=C\C/C=C\C/C=C\CCCCCCCCCCOCC(COP(=O)(O)OCC(O)CO)OC(=O)CCCCCCCCCCCCCCCC. The minimum atomic E-state index is -4.52. The second kappa shape index (κ2) is 45.7. The fraction of sp³-hybridized carbons (Fsp3) is 0.776. The van der Waals surface area contributed by atoms with E-state index in [1.54, 1.807) is 0 Å². The van der Waals surface area contributed by atoms with Gasteiger partial charge in [-0.3, -0.25) is 13.8 Å². The molecule has 0 fully saturated rings. The summed E-state index contributed by atoms with van der Waals surface area (Å²) in [5.74, 6) is -0.386. The van der Waals surface area contributed by atoms with Crippen molar-refractivity contribution in [3.8, 4) is 0 Å². The molecule has 0 aliphatic heterocycles. The third kappa shape index (κ3) is 45.5. The van der Waals surface area contributed by atoms with Crippen LogP contribution in [0.2, 0.25) is 0 Å². The number of carbonyl (C=O) groups excluding carboxylic acids is 1. The molecule has 0 aliphatic carbocycles. The number of esters is 1. The summed E-state index contributed by atoms with van der Waals surface area (Å²) in [6, 6.07) is 0. The Bertz CT molecular complexity index is 1100. The first-order valence-electron chi connectivity index (χ1n) is 23.8. The van der Waals surface area contributed by atoms with Crippen molar-refractivity contribution in [3.63, 3.8) is 0 Å². The molecule has 344 valence electrons. The van der Waals surface area contributed by atoms with E-state index >= 15 is 0 Å². The molecule has 0 rings (SSSR count). The summed E-state index contributed by atoms with van der Waals surface area (Å²) in [6.07, 6.45) is 53.2. The number of aliphatic hydroxyl groups excluding tert-OH is 2. The average molecular weight is 853 g/mol. The van der Waals surface area contributed by atoms with E-state index in [1.165, 1.54) is 103 Å². The molecule has 3 atom stereocenters. The van der Waals surface area contributed by atoms with Crippen molar-refractivity contribution in [2.45, 2.75) is 212 Å². The predicted octanol–water partition coefficient (Wildman–Crippen LogP) is 13.5. The number of unbranched alkanes of at least 4 members (excludes halogenated alkanes) is 21. The number of phosphoric ester groups is 1. The zero-order valence-electron chi connectivity index (χ0n) is 37.7. The van der Waals surface area contributed by atoms with E-state index in [1.807, 2.05) is 0 Å². The molecule has 0 aromatic carbocycles. The molecule has 0 amide bonds. The first kappa shape index (κ1) is 57.2. The van der Waals surface area contributed by atoms with Gasteiger partial charge in [0.05, 0.1) is 26.4 Å². The Morgan fingerprint density at radius 1 is 0.542 bits per heavy atom. The highest BCUT2D eigenvalue weighted by Gasteiger charge is 2.26. The minimum absolute atomic E-state index is 0.0433. The standard InChI is InChI=1S/C49H89O9P/c1-3-5-7-9-11-13-15-17-19-20-21-22-23-24-25-26-27-28-30-32-34-36-38-40-42-55-45-48(46-57-59(53,54)56-44-47(51)43-50)58-49(52)41-39-37-35-33-31-29-18-16-14-12-10-8-6-4-2/h5,7,11,13,17,19,21-22,24-25,47-48,50-51H,3-4,6,8-10,12,14-16,18,20,23,26-46H2,1-2H3,(H,53,54)/b7-5-,13-11-,19-17-,22-21-,25-24-. The van der Waals surface area contributed by atoms with Crippen molar-refractivity contribution in [1.82, 2.24) is 0 Å². The van der Waals surface area contributed by atoms with Gasteiger partial charge in [-0.1, -0.05) is 197 Å². The van der Waals surface area contributed by atoms with Crippen LogP contribution in [-0.2, 0) is 27.9 Å². The molecule has 9 nitrogen and oxygen atoms in total. The third-order valence-electron chi connectivity index (χ3n) is 9.97. The van der Waals surface area contributed by atoms with Crippen molar-refractivity contribution in [1.29, 1.82) is 0 Å². The summed E-state index contributed by atoms with van der Waals surface area (Å²) in [5, 5.41) is 18.4. The number of hydrogen-bond acceptors (Lipinski definition) is 8. The lowest BCUT2D eigenvalue weighted by molar-refractivity contribution is -0.154. The molecular formula is C49H89O9P. The summed E-state index contributed by atoms with van der Waals surface area (Å²) >= 11 is 0. The number of carbonyl (C=O) groups is 1. The van der Waals surface area contributed by atoms with Crippen LogP contribution in [0.15, 0.2) is 60.8 Å². The molecular weight excluding hydrogens is 764 g/mol. The van der Waals surface area contributed by atoms with E-state index in [0.717, 1.165) is 77.0 Å². The molecule has 0 saturated carbocycles. The molecule has 0 radical (unpaired) electrons. The van der Waals surface area contributed by atoms with Gasteiger partial charge in [-0.15, -0.1) is 0 Å². The highest BCUT2D eigenvalue weighted by Crippen LogP contribution is 2.43. The quantitative estimate of drug-likeness (QED) is 0.0237. The maximum Gasteiger partial charge on any atom is 0.472 e. The van der Waals surface area contributed by atoms with E-state index < -0.39 is 33.2 Å². The summed E-state index contributed by atoms with van der Waals surface area (Å²) in [7, 11) is -4.52. The highest BCUT2D eigenvalue weighted by molar-refractivity contribution is 7.47. The van der Waals surface area contributed by atoms with Gasteiger partial charge in [0, 0.05) is 13.0 Å². The molecule has 0 bridgehead atoms. The van der Waals surface area contributed by atoms with Gasteiger partial charge in [0.15, 0.2) is 0 Å². The Kier molecular flexibility index (Phi) is 44.3. The Hall–Kier alpha value is -1.84. The lowest BCUT2D eigenvalue weighted by atomic mass is 10.0. The topological polar surface area (TPSA) is 132 Å². The minimum Gasteiger partial charge on any atom is -0.457 e. The van der Waals surface area contributed by atoms with Gasteiger partial charge in [-0.05, 0) is 57.8 Å². The maximum atomic E-state index is 12.6. The molecule has 0 heterocycles. The summed E-state index contributed by atoms with van der Waals surface area (Å²) in [4.78, 5) is 22.6. The molecule has 0 saturated heterocycles. The number of rotatable bonds is 45. The second-order valence-corrected chi connectivity index (χ2v) is 17.2. The van der Waals surface area contributed by atoms with Gasteiger partial charge >= 0.3 is 13.8 Å². The van der Waals surface area contributed by atoms with Crippen molar-refractivity contribution >= 4 is 13.8 Å². The van der Waals surface area contributed by atoms with Crippen LogP contribution in [0, 0.1) is 0 Å². The number of phosphoric acid groups is 1. The summed E-state index contributed by atoms with van der Waals surface area (Å²) in [5.41, 5.74) is 0. The van der Waals surface area contributed by atoms with Gasteiger partial charge in [0.2, 0.25) is 0 Å². The van der Waals surface area contributed by atoms with Crippen molar-refractivity contribution in [3.05, 3.63) is 60.8 Å². The fourth-order valence-electron chi connectivity index (χ4n) is 6.38. The van der Waals surface area contributed by atoms with Crippen LogP contribution in [0.1, 0.15) is 200 Å². The van der Waals surface area contributed by atoms with Crippen LogP contribution in [-0.4, -0.2) is 66.3 Å². The first-order valence-corrected chi connectivity index (χ1v) is 25.3. The van der Waals surface area contributed by atoms with Crippen LogP contribution in [0.3, 0.4) is 0 Å². The average Bonchev–Trinajstić information content (AvgIpc) is 3.23. The van der Waals surface area contributed by atoms with E-state index in [4.69, 9.17) is 23.6 Å². The lowest BCUT2D eigenvalue weighted by Crippen LogP contribution is -2.29. The van der Waals surface area contributed by atoms with Crippen LogP contribution in [0.4, 0.5) is 0 Å². The largest absolute Gasteiger partial charge is 0.472 e. The zero-order valence-corrected chi connectivity index (χ0v) is 38.6. The van der Waals surface area contributed by atoms with Gasteiger partial charge in [-0.2, -0.15) is 0 Å². The van der Waals surface area contributed by atoms with E-state index in [0.29, 0.717) is 6.61 Å². The number of allylic oxidation sites excluding steroid dienone is 10. The van der Waals surface area contributed by atoms with Crippen LogP contribution in [0.25, 0.3) is 0 Å². The smallest absolute Gasteiger partial charge is 0.457 e. The molecule has 0 aromatic heterocycles. The normalized spacial score (nSPS) is 14.5. The van der Waals surface area contributed by atoms with E-state index in [-0.39, 0.29) is 25.6 Å². The van der Waals surface area contributed by atoms with Crippen LogP contribution < -0.4 is 0 Å². The maximum absolute atomic E-state index is 12.6. The van der Waals surface area contributed by atoms with Gasteiger partial charge < -0.3 is 24.6 Å². The number of ether oxygens (including phenoxy) is 2. The first-order chi connectivity index (χ1) is 28.8. The number of hydrogen-bond donors (Lipinski definition) is 3. The van der Waals surface area contributed by atoms with Crippen LogP contribution in [0.5, 0.6) is 0 Å². The summed E-state index contributed by atoms with van der Waals surface area (Å²) in [6.45, 7) is 3.40. The fourth-order valence-corrected chi connectivity index (χ4v) is 7.17. The Labute approximate surface area is 361 Å². The Balaban J connectivity index is 4.10. The van der Waals surface area contributed by atoms with Gasteiger partial charge in [0.25, 0.3) is 0 Å². The monoisotopic (exact) mass is 853 g/mol. The highest BCUT2D eigenvalue weighted by atomic mass is 31.2. The van der Waals surface area contributed by atoms with Crippen molar-refractivity contribution in [2.24, 2.45) is 0 Å². The van der Waals surface area contributed by atoms with E-state index in [9.17, 15) is 19.4 Å². The molecule has 0 aliphatic rings. The molecule has 59 heavy (non-hydrogen) atoms. The molecule has 0 aromatic rings. The molecule has 10 heteroatoms. The van der Waals surface area contributed by atoms with E-state index in [2.05, 4.69) is 74.6 Å². The van der Waals surface area contributed by atoms with Gasteiger partial charge in [-0.25, -0.2) is 4.57 Å². The molecule has 0 spiro atoms. The van der Waals surface area contributed by atoms with Crippen molar-refractivity contribution in [2.75, 3.05) is 33.0 Å². The second-order valence-electron chi connectivity index (χ2n) is 15.8. The number of aliphatic hydroxyl groups is 2. The third-order valence-corrected chi connectivity index (χ3v) is 10.9. The predicted molar refractivity (Wildman–Crippen MR) is 246 cm³/mol. The Morgan fingerprint density at radius 3 is 1.46 bits per heavy atom. The van der Waals surface area contributed by atoms with Crippen LogP contribution >= 0.6 is 7.82 Å². The van der Waals surface area contributed by atoms with Crippen molar-refractivity contribution < 1.29 is 43.0 Å². The Morgan fingerprint density at radius 2 is 0.966 bits per heavy atom. The molecule has 3 unspecified atom stereocenters. The lowest BCUT2D eigenvalue weighted by Gasteiger charge is -2.20. The molecule has 3 N–H and O–H groups in total. The zero-order chi connectivity index (χ0) is 43.2. The summed E-state index contributed by atoms with van der Waals surface area (Å²) < 4.78 is 33.4. The van der Waals surface area contributed by atoms with Gasteiger partial charge in [0.1, 0.15) is 12.2 Å².